The molecule has 0 bridgehead atoms. The zero-order valence-corrected chi connectivity index (χ0v) is 11.7. The quantitative estimate of drug-likeness (QED) is 0.836. The lowest BCUT2D eigenvalue weighted by molar-refractivity contribution is 0.0568. The van der Waals surface area contributed by atoms with Crippen molar-refractivity contribution in [3.05, 3.63) is 17.6 Å². The van der Waals surface area contributed by atoms with Crippen LogP contribution in [0.1, 0.15) is 24.4 Å². The first-order valence-electron chi connectivity index (χ1n) is 6.30. The second-order valence-electron chi connectivity index (χ2n) is 4.73. The van der Waals surface area contributed by atoms with Crippen LogP contribution in [-0.2, 0) is 21.4 Å². The number of aliphatic hydroxyl groups is 1. The molecule has 0 aliphatic carbocycles. The van der Waals surface area contributed by atoms with Crippen LogP contribution in [0.2, 0.25) is 0 Å². The van der Waals surface area contributed by atoms with E-state index < -0.39 is 10.0 Å². The normalized spacial score (nSPS) is 20.6. The van der Waals surface area contributed by atoms with Gasteiger partial charge in [0.25, 0.3) is 0 Å². The third-order valence-electron chi connectivity index (χ3n) is 3.19. The van der Waals surface area contributed by atoms with Gasteiger partial charge in [0.1, 0.15) is 23.0 Å². The molecule has 2 rings (SSSR count). The summed E-state index contributed by atoms with van der Waals surface area (Å²) >= 11 is 0. The second kappa shape index (κ2) is 6.04. The molecule has 6 nitrogen and oxygen atoms in total. The van der Waals surface area contributed by atoms with Crippen LogP contribution in [0.3, 0.4) is 0 Å². The van der Waals surface area contributed by atoms with Gasteiger partial charge >= 0.3 is 0 Å². The topological polar surface area (TPSA) is 88.8 Å². The Bertz CT molecular complexity index is 516. The zero-order valence-electron chi connectivity index (χ0n) is 10.9. The van der Waals surface area contributed by atoms with Crippen molar-refractivity contribution in [2.45, 2.75) is 31.3 Å². The molecule has 7 heteroatoms. The number of nitrogens with one attached hydrogen (secondary N) is 1. The van der Waals surface area contributed by atoms with Gasteiger partial charge in [-0.05, 0) is 25.7 Å². The number of furan rings is 1. The molecule has 1 aliphatic heterocycles. The SMILES string of the molecule is Cc1oc(CO)cc1S(=O)(=O)NCC1CCCOC1. The van der Waals surface area contributed by atoms with E-state index in [-0.39, 0.29) is 28.9 Å². The number of aliphatic hydroxyl groups excluding tert-OH is 1. The molecular weight excluding hydrogens is 270 g/mol. The Morgan fingerprint density at radius 3 is 2.89 bits per heavy atom. The minimum absolute atomic E-state index is 0.0910. The predicted octanol–water partition coefficient (Wildman–Crippen LogP) is 0.785. The molecule has 0 saturated carbocycles. The van der Waals surface area contributed by atoms with Gasteiger partial charge < -0.3 is 14.3 Å². The average Bonchev–Trinajstić information content (AvgIpc) is 2.80. The van der Waals surface area contributed by atoms with Crippen molar-refractivity contribution in [3.8, 4) is 0 Å². The molecule has 1 saturated heterocycles. The molecule has 1 atom stereocenters. The van der Waals surface area contributed by atoms with Crippen LogP contribution in [0, 0.1) is 12.8 Å². The van der Waals surface area contributed by atoms with Gasteiger partial charge in [-0.2, -0.15) is 0 Å². The Labute approximate surface area is 112 Å². The molecule has 0 amide bonds. The molecule has 2 heterocycles. The number of ether oxygens (including phenoxy) is 1. The molecule has 0 radical (unpaired) electrons. The standard InChI is InChI=1S/C12H19NO5S/c1-9-12(5-11(7-14)18-9)19(15,16)13-6-10-3-2-4-17-8-10/h5,10,13-14H,2-4,6-8H2,1H3. The van der Waals surface area contributed by atoms with Gasteiger partial charge in [-0.3, -0.25) is 0 Å². The Hall–Kier alpha value is -0.890. The van der Waals surface area contributed by atoms with Gasteiger partial charge in [-0.15, -0.1) is 0 Å². The highest BCUT2D eigenvalue weighted by Gasteiger charge is 2.23. The van der Waals surface area contributed by atoms with Crippen molar-refractivity contribution < 1.29 is 22.7 Å². The second-order valence-corrected chi connectivity index (χ2v) is 6.46. The van der Waals surface area contributed by atoms with Crippen LogP contribution in [0.5, 0.6) is 0 Å². The van der Waals surface area contributed by atoms with Gasteiger partial charge in [0.2, 0.25) is 10.0 Å². The van der Waals surface area contributed by atoms with E-state index in [4.69, 9.17) is 14.3 Å². The van der Waals surface area contributed by atoms with Crippen molar-refractivity contribution in [2.75, 3.05) is 19.8 Å². The van der Waals surface area contributed by atoms with E-state index in [1.165, 1.54) is 6.07 Å². The van der Waals surface area contributed by atoms with Crippen LogP contribution in [0.25, 0.3) is 0 Å². The van der Waals surface area contributed by atoms with Gasteiger partial charge in [0, 0.05) is 19.2 Å². The molecule has 1 aliphatic rings. The van der Waals surface area contributed by atoms with E-state index in [9.17, 15) is 8.42 Å². The molecule has 1 unspecified atom stereocenters. The third-order valence-corrected chi connectivity index (χ3v) is 4.72. The fourth-order valence-electron chi connectivity index (χ4n) is 2.14. The van der Waals surface area contributed by atoms with Crippen molar-refractivity contribution in [1.29, 1.82) is 0 Å². The summed E-state index contributed by atoms with van der Waals surface area (Å²) < 4.78 is 37.3. The molecule has 1 aromatic heterocycles. The third kappa shape index (κ3) is 3.56. The summed E-state index contributed by atoms with van der Waals surface area (Å²) in [6.07, 6.45) is 1.93. The van der Waals surface area contributed by atoms with E-state index in [1.54, 1.807) is 6.92 Å². The first-order valence-corrected chi connectivity index (χ1v) is 7.79. The highest BCUT2D eigenvalue weighted by molar-refractivity contribution is 7.89. The average molecular weight is 289 g/mol. The summed E-state index contributed by atoms with van der Waals surface area (Å²) in [6.45, 7) is 2.96. The first kappa shape index (κ1) is 14.5. The van der Waals surface area contributed by atoms with E-state index in [1.807, 2.05) is 0 Å². The smallest absolute Gasteiger partial charge is 0.244 e. The van der Waals surface area contributed by atoms with Crippen molar-refractivity contribution in [2.24, 2.45) is 5.92 Å². The lowest BCUT2D eigenvalue weighted by atomic mass is 10.0. The molecule has 0 spiro atoms. The van der Waals surface area contributed by atoms with Gasteiger partial charge in [-0.25, -0.2) is 13.1 Å². The van der Waals surface area contributed by atoms with Crippen molar-refractivity contribution >= 4 is 10.0 Å². The number of hydrogen-bond acceptors (Lipinski definition) is 5. The van der Waals surface area contributed by atoms with Gasteiger partial charge in [0.05, 0.1) is 6.61 Å². The maximum absolute atomic E-state index is 12.1. The molecule has 19 heavy (non-hydrogen) atoms. The maximum atomic E-state index is 12.1. The zero-order chi connectivity index (χ0) is 13.9. The minimum atomic E-state index is -3.59. The summed E-state index contributed by atoms with van der Waals surface area (Å²) in [5.74, 6) is 0.753. The van der Waals surface area contributed by atoms with Crippen molar-refractivity contribution in [1.82, 2.24) is 4.72 Å². The van der Waals surface area contributed by atoms with Gasteiger partial charge in [0.15, 0.2) is 0 Å². The number of sulfonamides is 1. The van der Waals surface area contributed by atoms with Crippen LogP contribution in [0.4, 0.5) is 0 Å². The summed E-state index contributed by atoms with van der Waals surface area (Å²) in [5, 5.41) is 8.95. The summed E-state index contributed by atoms with van der Waals surface area (Å²) in [6, 6.07) is 1.36. The lowest BCUT2D eigenvalue weighted by Gasteiger charge is -2.22. The predicted molar refractivity (Wildman–Crippen MR) is 68.1 cm³/mol. The Morgan fingerprint density at radius 1 is 1.53 bits per heavy atom. The van der Waals surface area contributed by atoms with Crippen LogP contribution >= 0.6 is 0 Å². The van der Waals surface area contributed by atoms with Gasteiger partial charge in [-0.1, -0.05) is 0 Å². The molecular formula is C12H19NO5S. The Kier molecular flexibility index (Phi) is 4.62. The number of aryl methyl sites for hydroxylation is 1. The van der Waals surface area contributed by atoms with E-state index in [0.717, 1.165) is 19.4 Å². The van der Waals surface area contributed by atoms with Crippen LogP contribution < -0.4 is 4.72 Å². The molecule has 1 aromatic rings. The molecule has 108 valence electrons. The molecule has 2 N–H and O–H groups in total. The van der Waals surface area contributed by atoms with Crippen LogP contribution in [0.15, 0.2) is 15.4 Å². The Balaban J connectivity index is 2.02. The lowest BCUT2D eigenvalue weighted by Crippen LogP contribution is -2.33. The summed E-state index contributed by atoms with van der Waals surface area (Å²) in [7, 11) is -3.59. The first-order chi connectivity index (χ1) is 9.03. The monoisotopic (exact) mass is 289 g/mol. The summed E-state index contributed by atoms with van der Waals surface area (Å²) in [4.78, 5) is 0.0910. The maximum Gasteiger partial charge on any atom is 0.244 e. The van der Waals surface area contributed by atoms with Crippen LogP contribution in [-0.4, -0.2) is 33.3 Å². The molecule has 1 fully saturated rings. The number of hydrogen-bond donors (Lipinski definition) is 2. The number of rotatable bonds is 5. The van der Waals surface area contributed by atoms with E-state index in [0.29, 0.717) is 13.2 Å². The Morgan fingerprint density at radius 2 is 2.32 bits per heavy atom. The highest BCUT2D eigenvalue weighted by atomic mass is 32.2. The minimum Gasteiger partial charge on any atom is -0.462 e. The fraction of sp³-hybridized carbons (Fsp3) is 0.667. The molecule has 0 aromatic carbocycles. The van der Waals surface area contributed by atoms with Crippen molar-refractivity contribution in [3.63, 3.8) is 0 Å². The van der Waals surface area contributed by atoms with E-state index in [2.05, 4.69) is 4.72 Å². The highest BCUT2D eigenvalue weighted by Crippen LogP contribution is 2.20. The largest absolute Gasteiger partial charge is 0.462 e. The fourth-order valence-corrected chi connectivity index (χ4v) is 3.46. The summed E-state index contributed by atoms with van der Waals surface area (Å²) in [5.41, 5.74) is 0. The van der Waals surface area contributed by atoms with E-state index >= 15 is 0 Å².